The number of anilines is 1. The first-order valence-electron chi connectivity index (χ1n) is 8.47. The van der Waals surface area contributed by atoms with Crippen molar-refractivity contribution >= 4 is 27.5 Å². The van der Waals surface area contributed by atoms with Gasteiger partial charge < -0.3 is 4.98 Å². The Morgan fingerprint density at radius 2 is 1.35 bits per heavy atom. The molecule has 0 spiro atoms. The number of carbonyl (C=O) groups is 2. The molecule has 1 heterocycles. The highest BCUT2D eigenvalue weighted by molar-refractivity contribution is 7.92. The van der Waals surface area contributed by atoms with Crippen molar-refractivity contribution in [1.29, 1.82) is 0 Å². The van der Waals surface area contributed by atoms with Crippen LogP contribution in [0.15, 0.2) is 69.2 Å². The zero-order valence-corrected chi connectivity index (χ0v) is 16.2. The van der Waals surface area contributed by atoms with E-state index in [4.69, 9.17) is 0 Å². The number of aromatic amines is 2. The number of rotatable bonds is 5. The second-order valence-corrected chi connectivity index (χ2v) is 7.68. The number of aromatic nitrogens is 2. The van der Waals surface area contributed by atoms with E-state index in [1.54, 1.807) is 4.98 Å². The molecule has 0 aliphatic heterocycles. The van der Waals surface area contributed by atoms with Crippen molar-refractivity contribution in [2.45, 2.75) is 4.90 Å². The van der Waals surface area contributed by atoms with E-state index in [0.717, 1.165) is 18.3 Å². The lowest BCUT2D eigenvalue weighted by molar-refractivity contribution is 0.0846. The fraction of sp³-hybridized carbons (Fsp3) is 0. The first-order valence-corrected chi connectivity index (χ1v) is 9.95. The molecular formula is C18H14FN5O6S. The number of hydrogen-bond donors (Lipinski definition) is 5. The third kappa shape index (κ3) is 5.22. The molecule has 0 bridgehead atoms. The summed E-state index contributed by atoms with van der Waals surface area (Å²) in [6.45, 7) is 0. The minimum Gasteiger partial charge on any atom is -0.313 e. The number of hydrazine groups is 1. The maximum absolute atomic E-state index is 12.9. The number of benzene rings is 2. The molecule has 31 heavy (non-hydrogen) atoms. The molecule has 3 rings (SSSR count). The maximum Gasteiger partial charge on any atom is 0.325 e. The minimum atomic E-state index is -4.30. The van der Waals surface area contributed by atoms with Gasteiger partial charge in [0, 0.05) is 23.0 Å². The van der Waals surface area contributed by atoms with Crippen LogP contribution in [-0.4, -0.2) is 30.2 Å². The number of sulfonamides is 1. The van der Waals surface area contributed by atoms with Gasteiger partial charge >= 0.3 is 5.69 Å². The van der Waals surface area contributed by atoms with Crippen molar-refractivity contribution in [2.24, 2.45) is 0 Å². The second kappa shape index (κ2) is 8.62. The third-order valence-electron chi connectivity index (χ3n) is 3.87. The summed E-state index contributed by atoms with van der Waals surface area (Å²) in [7, 11) is -4.30. The van der Waals surface area contributed by atoms with Crippen LogP contribution in [0, 0.1) is 5.82 Å². The SMILES string of the molecule is O=C(NNC(=O)c1ccc(NS(=O)(=O)c2c[nH]c(=O)[nH]c2=O)cc1)c1ccc(F)cc1. The van der Waals surface area contributed by atoms with Gasteiger partial charge in [0.2, 0.25) is 0 Å². The van der Waals surface area contributed by atoms with E-state index in [1.165, 1.54) is 36.4 Å². The van der Waals surface area contributed by atoms with Gasteiger partial charge in [-0.3, -0.25) is 34.9 Å². The summed E-state index contributed by atoms with van der Waals surface area (Å²) >= 11 is 0. The summed E-state index contributed by atoms with van der Waals surface area (Å²) in [6.07, 6.45) is 0.759. The van der Waals surface area contributed by atoms with Crippen molar-refractivity contribution < 1.29 is 22.4 Å². The van der Waals surface area contributed by atoms with E-state index >= 15 is 0 Å². The largest absolute Gasteiger partial charge is 0.325 e. The lowest BCUT2D eigenvalue weighted by Gasteiger charge is -2.09. The topological polar surface area (TPSA) is 170 Å². The number of amides is 2. The fourth-order valence-electron chi connectivity index (χ4n) is 2.36. The normalized spacial score (nSPS) is 10.9. The van der Waals surface area contributed by atoms with Gasteiger partial charge in [0.15, 0.2) is 4.90 Å². The van der Waals surface area contributed by atoms with Gasteiger partial charge in [-0.15, -0.1) is 0 Å². The van der Waals surface area contributed by atoms with Crippen LogP contribution in [0.2, 0.25) is 0 Å². The number of H-pyrrole nitrogens is 2. The predicted octanol–water partition coefficient (Wildman–Crippen LogP) is 0.0779. The molecule has 5 N–H and O–H groups in total. The van der Waals surface area contributed by atoms with Crippen molar-refractivity contribution in [3.05, 3.63) is 92.5 Å². The number of nitrogens with one attached hydrogen (secondary N) is 5. The van der Waals surface area contributed by atoms with Gasteiger partial charge in [-0.2, -0.15) is 0 Å². The van der Waals surface area contributed by atoms with E-state index < -0.39 is 43.8 Å². The molecule has 0 saturated heterocycles. The Kier molecular flexibility index (Phi) is 5.97. The molecule has 0 radical (unpaired) electrons. The average Bonchev–Trinajstić information content (AvgIpc) is 2.72. The number of carbonyl (C=O) groups excluding carboxylic acids is 2. The lowest BCUT2D eigenvalue weighted by atomic mass is 10.2. The summed E-state index contributed by atoms with van der Waals surface area (Å²) < 4.78 is 39.6. The van der Waals surface area contributed by atoms with Crippen molar-refractivity contribution in [2.75, 3.05) is 4.72 Å². The highest BCUT2D eigenvalue weighted by Crippen LogP contribution is 2.14. The second-order valence-electron chi connectivity index (χ2n) is 6.03. The molecule has 11 nitrogen and oxygen atoms in total. The van der Waals surface area contributed by atoms with Crippen LogP contribution in [0.5, 0.6) is 0 Å². The standard InChI is InChI=1S/C18H14FN5O6S/c19-12-5-1-10(2-6-12)15(25)22-23-16(26)11-3-7-13(8-4-11)24-31(29,30)14-9-20-18(28)21-17(14)27/h1-9,24H,(H,22,25)(H,23,26)(H2,20,21,27,28). The van der Waals surface area contributed by atoms with E-state index in [1.807, 2.05) is 0 Å². The van der Waals surface area contributed by atoms with Crippen molar-refractivity contribution in [1.82, 2.24) is 20.8 Å². The maximum atomic E-state index is 12.9. The van der Waals surface area contributed by atoms with Gasteiger partial charge in [-0.05, 0) is 48.5 Å². The number of halogens is 1. The molecule has 0 fully saturated rings. The van der Waals surface area contributed by atoms with E-state index in [0.29, 0.717) is 0 Å². The molecule has 1 aromatic heterocycles. The Morgan fingerprint density at radius 3 is 1.87 bits per heavy atom. The molecule has 160 valence electrons. The summed E-state index contributed by atoms with van der Waals surface area (Å²) in [5.74, 6) is -1.87. The van der Waals surface area contributed by atoms with Crippen LogP contribution in [0.3, 0.4) is 0 Å². The molecule has 3 aromatic rings. The van der Waals surface area contributed by atoms with Gasteiger partial charge in [-0.25, -0.2) is 17.6 Å². The zero-order valence-electron chi connectivity index (χ0n) is 15.4. The van der Waals surface area contributed by atoms with Crippen molar-refractivity contribution in [3.8, 4) is 0 Å². The molecule has 0 saturated carbocycles. The monoisotopic (exact) mass is 447 g/mol. The highest BCUT2D eigenvalue weighted by atomic mass is 32.2. The Labute approximate surface area is 173 Å². The van der Waals surface area contributed by atoms with Gasteiger partial charge in [0.1, 0.15) is 5.82 Å². The van der Waals surface area contributed by atoms with Crippen LogP contribution in [-0.2, 0) is 10.0 Å². The van der Waals surface area contributed by atoms with E-state index in [2.05, 4.69) is 20.6 Å². The van der Waals surface area contributed by atoms with Gasteiger partial charge in [0.25, 0.3) is 27.4 Å². The molecular weight excluding hydrogens is 433 g/mol. The van der Waals surface area contributed by atoms with Gasteiger partial charge in [0.05, 0.1) is 0 Å². The Morgan fingerprint density at radius 1 is 0.839 bits per heavy atom. The highest BCUT2D eigenvalue weighted by Gasteiger charge is 2.19. The van der Waals surface area contributed by atoms with Crippen LogP contribution in [0.1, 0.15) is 20.7 Å². The van der Waals surface area contributed by atoms with Gasteiger partial charge in [-0.1, -0.05) is 0 Å². The summed E-state index contributed by atoms with van der Waals surface area (Å²) in [6, 6.07) is 9.73. The fourth-order valence-corrected chi connectivity index (χ4v) is 3.42. The average molecular weight is 447 g/mol. The quantitative estimate of drug-likeness (QED) is 0.347. The summed E-state index contributed by atoms with van der Waals surface area (Å²) in [5.41, 5.74) is 2.64. The van der Waals surface area contributed by atoms with Crippen LogP contribution in [0.25, 0.3) is 0 Å². The van der Waals surface area contributed by atoms with Crippen LogP contribution >= 0.6 is 0 Å². The van der Waals surface area contributed by atoms with E-state index in [-0.39, 0.29) is 16.8 Å². The minimum absolute atomic E-state index is 0.0393. The number of hydrogen-bond acceptors (Lipinski definition) is 6. The summed E-state index contributed by atoms with van der Waals surface area (Å²) in [5, 5.41) is 0. The molecule has 2 aromatic carbocycles. The molecule has 2 amide bonds. The first kappa shape index (κ1) is 21.4. The molecule has 13 heteroatoms. The zero-order chi connectivity index (χ0) is 22.6. The first-order chi connectivity index (χ1) is 14.7. The molecule has 0 aliphatic carbocycles. The molecule has 0 unspecified atom stereocenters. The summed E-state index contributed by atoms with van der Waals surface area (Å²) in [4.78, 5) is 49.9. The smallest absolute Gasteiger partial charge is 0.313 e. The predicted molar refractivity (Wildman–Crippen MR) is 106 cm³/mol. The van der Waals surface area contributed by atoms with Crippen LogP contribution in [0.4, 0.5) is 10.1 Å². The van der Waals surface area contributed by atoms with Crippen LogP contribution < -0.4 is 26.8 Å². The Balaban J connectivity index is 1.64. The van der Waals surface area contributed by atoms with E-state index in [9.17, 15) is 32.0 Å². The molecule has 0 aliphatic rings. The third-order valence-corrected chi connectivity index (χ3v) is 5.26. The molecule has 0 atom stereocenters. The Hall–Kier alpha value is -4.26. The lowest BCUT2D eigenvalue weighted by Crippen LogP contribution is -2.41. The Bertz CT molecular complexity index is 1350. The van der Waals surface area contributed by atoms with Crippen molar-refractivity contribution in [3.63, 3.8) is 0 Å².